The zero-order valence-corrected chi connectivity index (χ0v) is 19.2. The Morgan fingerprint density at radius 3 is 2.42 bits per heavy atom. The number of nitrogens with two attached hydrogens (primary N) is 2. The molecule has 36 heavy (non-hydrogen) atoms. The minimum Gasteiger partial charge on any atom is -0.491 e. The highest BCUT2D eigenvalue weighted by Gasteiger charge is 2.20. The van der Waals surface area contributed by atoms with Crippen molar-refractivity contribution in [1.29, 1.82) is 0 Å². The predicted octanol–water partition coefficient (Wildman–Crippen LogP) is 3.89. The molecule has 4 rings (SSSR count). The number of nitrogens with zero attached hydrogens (tertiary/aromatic N) is 1. The van der Waals surface area contributed by atoms with Gasteiger partial charge in [-0.05, 0) is 47.5 Å². The first-order valence-corrected chi connectivity index (χ1v) is 11.1. The van der Waals surface area contributed by atoms with Crippen LogP contribution in [0, 0.1) is 11.6 Å². The monoisotopic (exact) mass is 490 g/mol. The molecule has 0 radical (unpaired) electrons. The Balaban J connectivity index is 1.54. The first kappa shape index (κ1) is 24.5. The minimum atomic E-state index is -1.01. The molecule has 0 aliphatic rings. The molecule has 0 saturated heterocycles. The van der Waals surface area contributed by atoms with Gasteiger partial charge in [-0.3, -0.25) is 9.59 Å². The number of hydrogen-bond acceptors (Lipinski definition) is 5. The van der Waals surface area contributed by atoms with Gasteiger partial charge in [0.2, 0.25) is 0 Å². The van der Waals surface area contributed by atoms with E-state index in [0.717, 1.165) is 17.7 Å². The van der Waals surface area contributed by atoms with E-state index in [1.807, 2.05) is 30.3 Å². The molecule has 1 atom stereocenters. The summed E-state index contributed by atoms with van der Waals surface area (Å²) in [5, 5.41) is 2.85. The average molecular weight is 491 g/mol. The van der Waals surface area contributed by atoms with Crippen molar-refractivity contribution < 1.29 is 18.3 Å². The van der Waals surface area contributed by atoms with Crippen LogP contribution in [0.1, 0.15) is 27.5 Å². The van der Waals surface area contributed by atoms with E-state index in [1.54, 1.807) is 24.3 Å². The van der Waals surface area contributed by atoms with Gasteiger partial charge in [0.1, 0.15) is 17.9 Å². The van der Waals surface area contributed by atoms with Crippen molar-refractivity contribution in [2.45, 2.75) is 12.6 Å². The number of anilines is 2. The molecule has 0 unspecified atom stereocenters. The second-order valence-corrected chi connectivity index (χ2v) is 8.14. The molecule has 3 aromatic carbocycles. The largest absolute Gasteiger partial charge is 0.491 e. The van der Waals surface area contributed by atoms with E-state index in [2.05, 4.69) is 5.32 Å². The Kier molecular flexibility index (Phi) is 7.29. The summed E-state index contributed by atoms with van der Waals surface area (Å²) in [6.07, 6.45) is 1.48. The zero-order chi connectivity index (χ0) is 25.7. The molecule has 0 aliphatic heterocycles. The van der Waals surface area contributed by atoms with Gasteiger partial charge in [0.25, 0.3) is 11.5 Å². The number of ether oxygens (including phenoxy) is 1. The van der Waals surface area contributed by atoms with Crippen LogP contribution >= 0.6 is 0 Å². The zero-order valence-electron chi connectivity index (χ0n) is 19.2. The first-order chi connectivity index (χ1) is 17.3. The van der Waals surface area contributed by atoms with E-state index in [1.165, 1.54) is 22.9 Å². The summed E-state index contributed by atoms with van der Waals surface area (Å²) in [6.45, 7) is 0.0376. The molecule has 7 nitrogen and oxygen atoms in total. The topological polar surface area (TPSA) is 112 Å². The molecule has 9 heteroatoms. The quantitative estimate of drug-likeness (QED) is 0.325. The summed E-state index contributed by atoms with van der Waals surface area (Å²) in [4.78, 5) is 26.1. The van der Waals surface area contributed by atoms with Crippen molar-refractivity contribution in [2.24, 2.45) is 0 Å². The second-order valence-electron chi connectivity index (χ2n) is 8.14. The van der Waals surface area contributed by atoms with Gasteiger partial charge in [-0.15, -0.1) is 0 Å². The van der Waals surface area contributed by atoms with Crippen LogP contribution in [0.4, 0.5) is 20.2 Å². The van der Waals surface area contributed by atoms with Crippen LogP contribution in [0.3, 0.4) is 0 Å². The SMILES string of the molecule is Nc1ccc(OC[C@H](NC(=O)c2cccn(Cc3ccc(F)c(F)c3)c2=O)c2ccccc2)cc1N. The van der Waals surface area contributed by atoms with E-state index in [4.69, 9.17) is 16.2 Å². The van der Waals surface area contributed by atoms with Gasteiger partial charge >= 0.3 is 0 Å². The Bertz CT molecular complexity index is 1440. The molecule has 184 valence electrons. The van der Waals surface area contributed by atoms with Crippen molar-refractivity contribution in [3.05, 3.63) is 124 Å². The molecule has 1 heterocycles. The number of aromatic nitrogens is 1. The Labute approximate surface area is 205 Å². The Hall–Kier alpha value is -4.66. The lowest BCUT2D eigenvalue weighted by Crippen LogP contribution is -2.37. The highest BCUT2D eigenvalue weighted by Crippen LogP contribution is 2.23. The summed E-state index contributed by atoms with van der Waals surface area (Å²) < 4.78 is 33.9. The van der Waals surface area contributed by atoms with Crippen molar-refractivity contribution in [2.75, 3.05) is 18.1 Å². The highest BCUT2D eigenvalue weighted by molar-refractivity contribution is 5.94. The lowest BCUT2D eigenvalue weighted by Gasteiger charge is -2.20. The fourth-order valence-electron chi connectivity index (χ4n) is 3.63. The number of halogens is 2. The van der Waals surface area contributed by atoms with Crippen molar-refractivity contribution in [3.8, 4) is 5.75 Å². The summed E-state index contributed by atoms with van der Waals surface area (Å²) >= 11 is 0. The number of hydrogen-bond donors (Lipinski definition) is 3. The number of nitrogens with one attached hydrogen (secondary N) is 1. The molecular formula is C27H24F2N4O3. The van der Waals surface area contributed by atoms with Crippen molar-refractivity contribution >= 4 is 17.3 Å². The molecular weight excluding hydrogens is 466 g/mol. The van der Waals surface area contributed by atoms with E-state index >= 15 is 0 Å². The van der Waals surface area contributed by atoms with E-state index in [0.29, 0.717) is 22.7 Å². The van der Waals surface area contributed by atoms with Crippen molar-refractivity contribution in [1.82, 2.24) is 9.88 Å². The standard InChI is InChI=1S/C27H24F2N4O3/c28-21-10-8-17(13-22(21)29)15-33-12-4-7-20(27(33)35)26(34)32-25(18-5-2-1-3-6-18)16-36-19-9-11-23(30)24(31)14-19/h1-14,25H,15-16,30-31H2,(H,32,34)/t25-/m0/s1. The number of benzene rings is 3. The second kappa shape index (κ2) is 10.7. The molecule has 5 N–H and O–H groups in total. The Morgan fingerprint density at radius 2 is 1.69 bits per heavy atom. The number of amides is 1. The van der Waals surface area contributed by atoms with Gasteiger partial charge in [-0.25, -0.2) is 8.78 Å². The summed E-state index contributed by atoms with van der Waals surface area (Å²) in [5.41, 5.74) is 12.9. The predicted molar refractivity (Wildman–Crippen MR) is 134 cm³/mol. The summed E-state index contributed by atoms with van der Waals surface area (Å²) in [6, 6.07) is 19.8. The van der Waals surface area contributed by atoms with Crippen LogP contribution in [0.25, 0.3) is 0 Å². The van der Waals surface area contributed by atoms with Gasteiger partial charge in [-0.1, -0.05) is 36.4 Å². The molecule has 1 aromatic heterocycles. The molecule has 0 saturated carbocycles. The summed E-state index contributed by atoms with van der Waals surface area (Å²) in [5.74, 6) is -2.11. The maximum absolute atomic E-state index is 13.6. The molecule has 0 spiro atoms. The molecule has 4 aromatic rings. The number of pyridine rings is 1. The van der Waals surface area contributed by atoms with E-state index in [-0.39, 0.29) is 18.7 Å². The fraction of sp³-hybridized carbons (Fsp3) is 0.111. The van der Waals surface area contributed by atoms with Gasteiger partial charge in [0.05, 0.1) is 24.0 Å². The normalized spacial score (nSPS) is 11.6. The number of carbonyl (C=O) groups excluding carboxylic acids is 1. The van der Waals surface area contributed by atoms with Crippen LogP contribution in [0.2, 0.25) is 0 Å². The third-order valence-electron chi connectivity index (χ3n) is 5.58. The minimum absolute atomic E-state index is 0.0268. The molecule has 0 fully saturated rings. The fourth-order valence-corrected chi connectivity index (χ4v) is 3.63. The Morgan fingerprint density at radius 1 is 0.917 bits per heavy atom. The number of carbonyl (C=O) groups is 1. The molecule has 1 amide bonds. The van der Waals surface area contributed by atoms with E-state index < -0.39 is 29.1 Å². The molecule has 0 aliphatic carbocycles. The van der Waals surface area contributed by atoms with Gasteiger partial charge in [0, 0.05) is 12.3 Å². The van der Waals surface area contributed by atoms with Crippen LogP contribution in [-0.2, 0) is 6.54 Å². The summed E-state index contributed by atoms with van der Waals surface area (Å²) in [7, 11) is 0. The van der Waals surface area contributed by atoms with Crippen molar-refractivity contribution in [3.63, 3.8) is 0 Å². The lowest BCUT2D eigenvalue weighted by molar-refractivity contribution is 0.0919. The molecule has 0 bridgehead atoms. The van der Waals surface area contributed by atoms with E-state index in [9.17, 15) is 18.4 Å². The third-order valence-corrected chi connectivity index (χ3v) is 5.58. The van der Waals surface area contributed by atoms with Crippen LogP contribution < -0.4 is 27.1 Å². The maximum atomic E-state index is 13.6. The third kappa shape index (κ3) is 5.69. The smallest absolute Gasteiger partial charge is 0.263 e. The number of nitrogen functional groups attached to an aromatic ring is 2. The number of rotatable bonds is 8. The van der Waals surface area contributed by atoms with Gasteiger partial charge in [-0.2, -0.15) is 0 Å². The average Bonchev–Trinajstić information content (AvgIpc) is 2.87. The van der Waals surface area contributed by atoms with Crippen LogP contribution in [0.15, 0.2) is 89.9 Å². The highest BCUT2D eigenvalue weighted by atomic mass is 19.2. The van der Waals surface area contributed by atoms with Crippen LogP contribution in [0.5, 0.6) is 5.75 Å². The lowest BCUT2D eigenvalue weighted by atomic mass is 10.1. The first-order valence-electron chi connectivity index (χ1n) is 11.1. The maximum Gasteiger partial charge on any atom is 0.263 e. The van der Waals surface area contributed by atoms with Crippen LogP contribution in [-0.4, -0.2) is 17.1 Å². The van der Waals surface area contributed by atoms with Gasteiger partial charge in [0.15, 0.2) is 11.6 Å². The van der Waals surface area contributed by atoms with Gasteiger partial charge < -0.3 is 26.1 Å².